The standard InChI is InChI=1S/C16H26N2S/c1-13-11-18(12-14(2)19-13)10-6-9-16(17)15-7-4-3-5-8-15/h3-5,7-8,13-14,16H,6,9-12,17H2,1-2H3. The summed E-state index contributed by atoms with van der Waals surface area (Å²) < 4.78 is 0. The molecular formula is C16H26N2S. The van der Waals surface area contributed by atoms with Crippen molar-refractivity contribution in [2.45, 2.75) is 43.2 Å². The van der Waals surface area contributed by atoms with Crippen molar-refractivity contribution in [1.82, 2.24) is 4.90 Å². The second-order valence-electron chi connectivity index (χ2n) is 5.68. The number of nitrogens with zero attached hydrogens (tertiary/aromatic N) is 1. The van der Waals surface area contributed by atoms with E-state index in [1.165, 1.54) is 31.6 Å². The highest BCUT2D eigenvalue weighted by molar-refractivity contribution is 8.00. The van der Waals surface area contributed by atoms with Crippen LogP contribution < -0.4 is 5.73 Å². The normalized spacial score (nSPS) is 26.3. The van der Waals surface area contributed by atoms with Crippen LogP contribution >= 0.6 is 11.8 Å². The lowest BCUT2D eigenvalue weighted by atomic mass is 10.0. The van der Waals surface area contributed by atoms with Crippen molar-refractivity contribution in [3.63, 3.8) is 0 Å². The molecule has 19 heavy (non-hydrogen) atoms. The van der Waals surface area contributed by atoms with Gasteiger partial charge in [0.25, 0.3) is 0 Å². The lowest BCUT2D eigenvalue weighted by Gasteiger charge is -2.34. The van der Waals surface area contributed by atoms with Gasteiger partial charge >= 0.3 is 0 Å². The monoisotopic (exact) mass is 278 g/mol. The van der Waals surface area contributed by atoms with Crippen molar-refractivity contribution < 1.29 is 0 Å². The van der Waals surface area contributed by atoms with E-state index in [1.807, 2.05) is 6.07 Å². The second-order valence-corrected chi connectivity index (χ2v) is 7.56. The Morgan fingerprint density at radius 1 is 1.21 bits per heavy atom. The molecule has 2 nitrogen and oxygen atoms in total. The maximum Gasteiger partial charge on any atom is 0.0295 e. The van der Waals surface area contributed by atoms with E-state index in [-0.39, 0.29) is 6.04 Å². The summed E-state index contributed by atoms with van der Waals surface area (Å²) in [5, 5.41) is 1.54. The van der Waals surface area contributed by atoms with Gasteiger partial charge in [0.05, 0.1) is 0 Å². The Bertz CT molecular complexity index is 358. The smallest absolute Gasteiger partial charge is 0.0295 e. The number of thioether (sulfide) groups is 1. The highest BCUT2D eigenvalue weighted by atomic mass is 32.2. The maximum absolute atomic E-state index is 6.24. The van der Waals surface area contributed by atoms with Crippen LogP contribution in [0.4, 0.5) is 0 Å². The number of rotatable bonds is 5. The van der Waals surface area contributed by atoms with Crippen molar-refractivity contribution in [3.05, 3.63) is 35.9 Å². The third kappa shape index (κ3) is 4.83. The summed E-state index contributed by atoms with van der Waals surface area (Å²) in [6.07, 6.45) is 2.27. The molecule has 3 atom stereocenters. The molecular weight excluding hydrogens is 252 g/mol. The first-order chi connectivity index (χ1) is 9.15. The predicted molar refractivity (Wildman–Crippen MR) is 85.6 cm³/mol. The maximum atomic E-state index is 6.24. The molecule has 1 saturated heterocycles. The summed E-state index contributed by atoms with van der Waals surface area (Å²) in [6, 6.07) is 10.6. The van der Waals surface area contributed by atoms with Crippen LogP contribution in [0.5, 0.6) is 0 Å². The predicted octanol–water partition coefficient (Wildman–Crippen LogP) is 3.29. The molecule has 1 aromatic carbocycles. The lowest BCUT2D eigenvalue weighted by Crippen LogP contribution is -2.40. The van der Waals surface area contributed by atoms with Gasteiger partial charge in [-0.15, -0.1) is 0 Å². The Labute approximate surface area is 121 Å². The minimum atomic E-state index is 0.190. The van der Waals surface area contributed by atoms with E-state index < -0.39 is 0 Å². The first-order valence-corrected chi connectivity index (χ1v) is 8.28. The highest BCUT2D eigenvalue weighted by Gasteiger charge is 2.21. The molecule has 0 spiro atoms. The van der Waals surface area contributed by atoms with Crippen molar-refractivity contribution in [2.24, 2.45) is 5.73 Å². The molecule has 1 aromatic rings. The van der Waals surface area contributed by atoms with Crippen LogP contribution in [0.25, 0.3) is 0 Å². The van der Waals surface area contributed by atoms with Gasteiger partial charge < -0.3 is 10.6 Å². The molecule has 2 N–H and O–H groups in total. The summed E-state index contributed by atoms with van der Waals surface area (Å²) in [6.45, 7) is 8.33. The van der Waals surface area contributed by atoms with Crippen molar-refractivity contribution >= 4 is 11.8 Å². The van der Waals surface area contributed by atoms with E-state index in [1.54, 1.807) is 0 Å². The Morgan fingerprint density at radius 3 is 2.47 bits per heavy atom. The SMILES string of the molecule is CC1CN(CCCC(N)c2ccccc2)CC(C)S1. The van der Waals surface area contributed by atoms with Crippen LogP contribution in [0.1, 0.15) is 38.3 Å². The molecule has 0 aliphatic carbocycles. The molecule has 0 aromatic heterocycles. The fourth-order valence-corrected chi connectivity index (χ4v) is 4.26. The van der Waals surface area contributed by atoms with Gasteiger partial charge in [-0.25, -0.2) is 0 Å². The third-order valence-corrected chi connectivity index (χ3v) is 4.94. The first-order valence-electron chi connectivity index (χ1n) is 7.33. The van der Waals surface area contributed by atoms with E-state index in [9.17, 15) is 0 Å². The van der Waals surface area contributed by atoms with Crippen molar-refractivity contribution in [1.29, 1.82) is 0 Å². The Hall–Kier alpha value is -0.510. The van der Waals surface area contributed by atoms with E-state index in [0.717, 1.165) is 16.9 Å². The second kappa shape index (κ2) is 7.32. The molecule has 1 fully saturated rings. The van der Waals surface area contributed by atoms with Gasteiger partial charge in [-0.05, 0) is 24.9 Å². The van der Waals surface area contributed by atoms with Gasteiger partial charge in [0, 0.05) is 29.6 Å². The minimum absolute atomic E-state index is 0.190. The van der Waals surface area contributed by atoms with Crippen LogP contribution in [0, 0.1) is 0 Å². The van der Waals surface area contributed by atoms with E-state index in [0.29, 0.717) is 0 Å². The molecule has 2 rings (SSSR count). The van der Waals surface area contributed by atoms with Gasteiger partial charge in [-0.1, -0.05) is 44.2 Å². The molecule has 3 heteroatoms. The molecule has 1 aliphatic heterocycles. The summed E-state index contributed by atoms with van der Waals surface area (Å²) in [5.74, 6) is 0. The van der Waals surface area contributed by atoms with Gasteiger partial charge in [0.15, 0.2) is 0 Å². The van der Waals surface area contributed by atoms with E-state index >= 15 is 0 Å². The Balaban J connectivity index is 1.71. The van der Waals surface area contributed by atoms with Gasteiger partial charge in [0.2, 0.25) is 0 Å². The molecule has 106 valence electrons. The molecule has 3 unspecified atom stereocenters. The van der Waals surface area contributed by atoms with Gasteiger partial charge in [0.1, 0.15) is 0 Å². The van der Waals surface area contributed by atoms with Crippen LogP contribution in [0.15, 0.2) is 30.3 Å². The van der Waals surface area contributed by atoms with Crippen LogP contribution in [-0.4, -0.2) is 35.0 Å². The Kier molecular flexibility index (Phi) is 5.74. The largest absolute Gasteiger partial charge is 0.324 e. The average molecular weight is 278 g/mol. The van der Waals surface area contributed by atoms with Crippen LogP contribution in [-0.2, 0) is 0 Å². The molecule has 1 aliphatic rings. The van der Waals surface area contributed by atoms with E-state index in [4.69, 9.17) is 5.73 Å². The zero-order chi connectivity index (χ0) is 13.7. The number of hydrogen-bond acceptors (Lipinski definition) is 3. The fourth-order valence-electron chi connectivity index (χ4n) is 2.87. The third-order valence-electron chi connectivity index (χ3n) is 3.71. The number of benzene rings is 1. The van der Waals surface area contributed by atoms with Gasteiger partial charge in [-0.3, -0.25) is 0 Å². The molecule has 0 saturated carbocycles. The minimum Gasteiger partial charge on any atom is -0.324 e. The summed E-state index contributed by atoms with van der Waals surface area (Å²) >= 11 is 2.12. The lowest BCUT2D eigenvalue weighted by molar-refractivity contribution is 0.263. The summed E-state index contributed by atoms with van der Waals surface area (Å²) in [4.78, 5) is 2.60. The quantitative estimate of drug-likeness (QED) is 0.896. The van der Waals surface area contributed by atoms with Crippen molar-refractivity contribution in [2.75, 3.05) is 19.6 Å². The highest BCUT2D eigenvalue weighted by Crippen LogP contribution is 2.25. The van der Waals surface area contributed by atoms with E-state index in [2.05, 4.69) is 54.8 Å². The Morgan fingerprint density at radius 2 is 1.84 bits per heavy atom. The van der Waals surface area contributed by atoms with Gasteiger partial charge in [-0.2, -0.15) is 11.8 Å². The zero-order valence-electron chi connectivity index (χ0n) is 12.1. The van der Waals surface area contributed by atoms with Crippen LogP contribution in [0.2, 0.25) is 0 Å². The fraction of sp³-hybridized carbons (Fsp3) is 0.625. The summed E-state index contributed by atoms with van der Waals surface area (Å²) in [7, 11) is 0. The number of hydrogen-bond donors (Lipinski definition) is 1. The molecule has 0 bridgehead atoms. The topological polar surface area (TPSA) is 29.3 Å². The molecule has 0 amide bonds. The van der Waals surface area contributed by atoms with Crippen LogP contribution in [0.3, 0.4) is 0 Å². The zero-order valence-corrected chi connectivity index (χ0v) is 12.9. The number of nitrogens with two attached hydrogens (primary N) is 1. The molecule has 0 radical (unpaired) electrons. The molecule has 1 heterocycles. The first kappa shape index (κ1) is 14.9. The van der Waals surface area contributed by atoms with Crippen molar-refractivity contribution in [3.8, 4) is 0 Å². The summed E-state index contributed by atoms with van der Waals surface area (Å²) in [5.41, 5.74) is 7.51. The average Bonchev–Trinajstić information content (AvgIpc) is 2.38.